The number of hydrogen-bond donors (Lipinski definition) is 0. The zero-order chi connectivity index (χ0) is 19.7. The average molecular weight is 394 g/mol. The third-order valence-corrected chi connectivity index (χ3v) is 6.06. The van der Waals surface area contributed by atoms with Crippen LogP contribution in [-0.2, 0) is 6.18 Å². The molecule has 2 bridgehead atoms. The highest BCUT2D eigenvalue weighted by atomic mass is 19.4. The summed E-state index contributed by atoms with van der Waals surface area (Å²) in [4.78, 5) is 2.40. The molecule has 4 rings (SSSR count). The summed E-state index contributed by atoms with van der Waals surface area (Å²) in [6, 6.07) is 6.52. The highest BCUT2D eigenvalue weighted by molar-refractivity contribution is 5.44. The lowest BCUT2D eigenvalue weighted by atomic mass is 9.99. The number of ether oxygens (including phenoxy) is 2. The SMILES string of the molecule is N#CCCN1C2CC[C@H]1CC(Oc1ccc(C(F)(F)F)cc1OCC1CC1)C2. The van der Waals surface area contributed by atoms with Crippen LogP contribution in [0.5, 0.6) is 11.5 Å². The summed E-state index contributed by atoms with van der Waals surface area (Å²) in [7, 11) is 0. The summed E-state index contributed by atoms with van der Waals surface area (Å²) >= 11 is 0. The van der Waals surface area contributed by atoms with Crippen molar-refractivity contribution < 1.29 is 22.6 Å². The van der Waals surface area contributed by atoms with Crippen molar-refractivity contribution in [3.63, 3.8) is 0 Å². The number of fused-ring (bicyclic) bond motifs is 2. The molecule has 3 aliphatic rings. The van der Waals surface area contributed by atoms with Gasteiger partial charge in [0.1, 0.15) is 6.10 Å². The molecule has 0 spiro atoms. The number of rotatable bonds is 7. The van der Waals surface area contributed by atoms with E-state index in [1.54, 1.807) is 0 Å². The first-order valence-electron chi connectivity index (χ1n) is 10.1. The first kappa shape index (κ1) is 19.4. The van der Waals surface area contributed by atoms with E-state index in [1.165, 1.54) is 6.07 Å². The van der Waals surface area contributed by atoms with Gasteiger partial charge in [-0.2, -0.15) is 18.4 Å². The Labute approximate surface area is 163 Å². The first-order chi connectivity index (χ1) is 13.4. The Morgan fingerprint density at radius 3 is 2.39 bits per heavy atom. The van der Waals surface area contributed by atoms with Crippen LogP contribution in [0.15, 0.2) is 18.2 Å². The van der Waals surface area contributed by atoms with Crippen molar-refractivity contribution in [3.05, 3.63) is 23.8 Å². The van der Waals surface area contributed by atoms with Crippen molar-refractivity contribution in [1.82, 2.24) is 4.90 Å². The summed E-state index contributed by atoms with van der Waals surface area (Å²) in [5.74, 6) is 1.05. The predicted molar refractivity (Wildman–Crippen MR) is 97.1 cm³/mol. The van der Waals surface area contributed by atoms with Crippen LogP contribution in [0.4, 0.5) is 13.2 Å². The average Bonchev–Trinajstić information content (AvgIpc) is 3.44. The monoisotopic (exact) mass is 394 g/mol. The smallest absolute Gasteiger partial charge is 0.416 e. The standard InChI is InChI=1S/C21H25F3N2O2/c22-21(23,24)15-4-7-19(20(10-15)27-13-14-2-3-14)28-18-11-16-5-6-17(12-18)26(16)9-1-8-25/h4,7,10,14,16-18H,1-3,5-6,9,11-13H2/t16-,17?,18?/m0/s1. The maximum Gasteiger partial charge on any atom is 0.416 e. The van der Waals surface area contributed by atoms with Gasteiger partial charge in [0.05, 0.1) is 18.2 Å². The number of nitrogens with zero attached hydrogens (tertiary/aromatic N) is 2. The zero-order valence-electron chi connectivity index (χ0n) is 15.8. The molecule has 3 atom stereocenters. The maximum atomic E-state index is 13.1. The van der Waals surface area contributed by atoms with Crippen molar-refractivity contribution in [1.29, 1.82) is 5.26 Å². The minimum absolute atomic E-state index is 0.0316. The molecule has 28 heavy (non-hydrogen) atoms. The molecule has 0 aromatic heterocycles. The topological polar surface area (TPSA) is 45.5 Å². The number of benzene rings is 1. The Morgan fingerprint density at radius 2 is 1.79 bits per heavy atom. The predicted octanol–water partition coefficient (Wildman–Crippen LogP) is 4.78. The molecule has 1 aromatic carbocycles. The molecule has 7 heteroatoms. The van der Waals surface area contributed by atoms with Gasteiger partial charge in [0.15, 0.2) is 11.5 Å². The molecule has 0 amide bonds. The number of halogens is 3. The Bertz CT molecular complexity index is 728. The van der Waals surface area contributed by atoms with Gasteiger partial charge < -0.3 is 9.47 Å². The van der Waals surface area contributed by atoms with Gasteiger partial charge in [0.25, 0.3) is 0 Å². The molecule has 152 valence electrons. The van der Waals surface area contributed by atoms with Gasteiger partial charge in [0, 0.05) is 25.0 Å². The van der Waals surface area contributed by atoms with Crippen LogP contribution in [0.25, 0.3) is 0 Å². The molecule has 2 aliphatic heterocycles. The van der Waals surface area contributed by atoms with E-state index >= 15 is 0 Å². The summed E-state index contributed by atoms with van der Waals surface area (Å²) in [6.45, 7) is 1.23. The second-order valence-electron chi connectivity index (χ2n) is 8.16. The van der Waals surface area contributed by atoms with E-state index in [-0.39, 0.29) is 11.9 Å². The fourth-order valence-electron chi connectivity index (χ4n) is 4.43. The number of alkyl halides is 3. The van der Waals surface area contributed by atoms with Crippen LogP contribution in [-0.4, -0.2) is 36.2 Å². The second-order valence-corrected chi connectivity index (χ2v) is 8.16. The Hall–Kier alpha value is -1.94. The Morgan fingerprint density at radius 1 is 1.07 bits per heavy atom. The second kappa shape index (κ2) is 7.82. The highest BCUT2D eigenvalue weighted by Gasteiger charge is 2.41. The molecule has 0 radical (unpaired) electrons. The van der Waals surface area contributed by atoms with Gasteiger partial charge in [0.2, 0.25) is 0 Å². The molecule has 1 aliphatic carbocycles. The Kier molecular flexibility index (Phi) is 5.42. The van der Waals surface area contributed by atoms with Gasteiger partial charge in [-0.15, -0.1) is 0 Å². The summed E-state index contributed by atoms with van der Waals surface area (Å²) in [5.41, 5.74) is -0.711. The lowest BCUT2D eigenvalue weighted by Crippen LogP contribution is -2.46. The van der Waals surface area contributed by atoms with Crippen molar-refractivity contribution in [2.45, 2.75) is 69.3 Å². The molecule has 2 saturated heterocycles. The van der Waals surface area contributed by atoms with Crippen molar-refractivity contribution in [3.8, 4) is 17.6 Å². The maximum absolute atomic E-state index is 13.1. The van der Waals surface area contributed by atoms with E-state index in [9.17, 15) is 13.2 Å². The number of nitriles is 1. The molecule has 4 nitrogen and oxygen atoms in total. The van der Waals surface area contributed by atoms with E-state index in [2.05, 4.69) is 11.0 Å². The normalized spacial score (nSPS) is 27.4. The lowest BCUT2D eigenvalue weighted by molar-refractivity contribution is -0.137. The minimum Gasteiger partial charge on any atom is -0.489 e. The van der Waals surface area contributed by atoms with E-state index < -0.39 is 11.7 Å². The molecular formula is C21H25F3N2O2. The number of piperidine rings is 1. The van der Waals surface area contributed by atoms with E-state index in [1.807, 2.05) is 0 Å². The number of hydrogen-bond acceptors (Lipinski definition) is 4. The summed E-state index contributed by atoms with van der Waals surface area (Å²) in [5, 5.41) is 8.85. The van der Waals surface area contributed by atoms with Crippen molar-refractivity contribution >= 4 is 0 Å². The van der Waals surface area contributed by atoms with Gasteiger partial charge >= 0.3 is 6.18 Å². The highest BCUT2D eigenvalue weighted by Crippen LogP contribution is 2.41. The molecule has 1 saturated carbocycles. The van der Waals surface area contributed by atoms with Crippen LogP contribution in [0.3, 0.4) is 0 Å². The quantitative estimate of drug-likeness (QED) is 0.668. The first-order valence-corrected chi connectivity index (χ1v) is 10.1. The van der Waals surface area contributed by atoms with Crippen LogP contribution in [0.1, 0.15) is 50.5 Å². The minimum atomic E-state index is -4.40. The summed E-state index contributed by atoms with van der Waals surface area (Å²) in [6.07, 6.45) is 2.09. The molecule has 0 N–H and O–H groups in total. The Balaban J connectivity index is 1.46. The third-order valence-electron chi connectivity index (χ3n) is 6.06. The lowest BCUT2D eigenvalue weighted by Gasteiger charge is -2.38. The van der Waals surface area contributed by atoms with Crippen LogP contribution in [0, 0.1) is 17.2 Å². The van der Waals surface area contributed by atoms with Crippen LogP contribution in [0.2, 0.25) is 0 Å². The molecule has 3 fully saturated rings. The van der Waals surface area contributed by atoms with E-state index in [4.69, 9.17) is 14.7 Å². The van der Waals surface area contributed by atoms with Gasteiger partial charge in [-0.25, -0.2) is 0 Å². The fourth-order valence-corrected chi connectivity index (χ4v) is 4.43. The zero-order valence-corrected chi connectivity index (χ0v) is 15.8. The van der Waals surface area contributed by atoms with Crippen molar-refractivity contribution in [2.24, 2.45) is 5.92 Å². The molecule has 2 unspecified atom stereocenters. The van der Waals surface area contributed by atoms with E-state index in [0.717, 1.165) is 57.2 Å². The van der Waals surface area contributed by atoms with Crippen LogP contribution < -0.4 is 9.47 Å². The summed E-state index contributed by atoms with van der Waals surface area (Å²) < 4.78 is 51.2. The fraction of sp³-hybridized carbons (Fsp3) is 0.667. The third kappa shape index (κ3) is 4.38. The van der Waals surface area contributed by atoms with Gasteiger partial charge in [-0.1, -0.05) is 0 Å². The molecule has 1 aromatic rings. The van der Waals surface area contributed by atoms with Gasteiger partial charge in [-0.05, 0) is 62.6 Å². The van der Waals surface area contributed by atoms with Gasteiger partial charge in [-0.3, -0.25) is 4.90 Å². The largest absolute Gasteiger partial charge is 0.489 e. The van der Waals surface area contributed by atoms with E-state index in [0.29, 0.717) is 36.8 Å². The molecule has 2 heterocycles. The van der Waals surface area contributed by atoms with Crippen molar-refractivity contribution in [2.75, 3.05) is 13.2 Å². The van der Waals surface area contributed by atoms with Crippen LogP contribution >= 0.6 is 0 Å². The molecular weight excluding hydrogens is 369 g/mol.